The molecule has 0 radical (unpaired) electrons. The molecule has 1 aliphatic heterocycles. The maximum absolute atomic E-state index is 13.0. The number of hydrogen-bond acceptors (Lipinski definition) is 3. The molecule has 1 heterocycles. The zero-order chi connectivity index (χ0) is 20.5. The van der Waals surface area contributed by atoms with Crippen LogP contribution in [0.4, 0.5) is 0 Å². The average Bonchev–Trinajstić information content (AvgIpc) is 2.78. The van der Waals surface area contributed by atoms with Gasteiger partial charge in [0.2, 0.25) is 5.91 Å². The number of nitrogens with zero attached hydrogens (tertiary/aromatic N) is 1. The predicted molar refractivity (Wildman–Crippen MR) is 119 cm³/mol. The number of amides is 1. The molecule has 29 heavy (non-hydrogen) atoms. The Bertz CT molecular complexity index is 795. The van der Waals surface area contributed by atoms with Crippen LogP contribution in [0.1, 0.15) is 43.2 Å². The maximum atomic E-state index is 13.0. The lowest BCUT2D eigenvalue weighted by atomic mass is 9.93. The average molecular weight is 393 g/mol. The zero-order valence-electron chi connectivity index (χ0n) is 17.5. The topological polar surface area (TPSA) is 41.6 Å². The van der Waals surface area contributed by atoms with Gasteiger partial charge in [-0.1, -0.05) is 67.6 Å². The largest absolute Gasteiger partial charge is 0.496 e. The molecule has 154 valence electrons. The van der Waals surface area contributed by atoms with Crippen LogP contribution in [0, 0.1) is 0 Å². The third-order valence-electron chi connectivity index (χ3n) is 5.68. The summed E-state index contributed by atoms with van der Waals surface area (Å²) in [6.45, 7) is 4.57. The van der Waals surface area contributed by atoms with E-state index in [2.05, 4.69) is 42.6 Å². The molecule has 0 spiro atoms. The first-order chi connectivity index (χ1) is 14.2. The molecular formula is C25H32N2O2. The molecule has 4 nitrogen and oxygen atoms in total. The van der Waals surface area contributed by atoms with Crippen molar-refractivity contribution >= 4 is 12.0 Å². The van der Waals surface area contributed by atoms with Crippen LogP contribution in [0.25, 0.3) is 6.08 Å². The third kappa shape index (κ3) is 5.70. The summed E-state index contributed by atoms with van der Waals surface area (Å²) in [6, 6.07) is 18.6. The summed E-state index contributed by atoms with van der Waals surface area (Å²) >= 11 is 0. The number of carbonyl (C=O) groups excluding carboxylic acids is 1. The van der Waals surface area contributed by atoms with Crippen LogP contribution >= 0.6 is 0 Å². The van der Waals surface area contributed by atoms with E-state index in [0.29, 0.717) is 6.04 Å². The second-order valence-corrected chi connectivity index (χ2v) is 7.52. The van der Waals surface area contributed by atoms with Crippen molar-refractivity contribution in [2.45, 2.75) is 38.1 Å². The van der Waals surface area contributed by atoms with Gasteiger partial charge in [0.1, 0.15) is 5.75 Å². The van der Waals surface area contributed by atoms with Gasteiger partial charge < -0.3 is 15.0 Å². The number of ether oxygens (including phenoxy) is 1. The first-order valence-corrected chi connectivity index (χ1v) is 10.6. The molecule has 3 rings (SSSR count). The number of benzene rings is 2. The number of likely N-dealkylation sites (tertiary alicyclic amines) is 1. The standard InChI is InChI=1S/C25H32N2O2/c1-3-23(20-10-5-4-6-11-20)25(28)27-18-15-22(16-19-27)26-17-9-13-21-12-7-8-14-24(21)29-2/h4-14,22-23,26H,3,15-19H2,1-2H3/b13-9+. The molecule has 1 aliphatic rings. The van der Waals surface area contributed by atoms with E-state index in [9.17, 15) is 4.79 Å². The first kappa shape index (κ1) is 21.1. The Labute approximate surface area is 174 Å². The monoisotopic (exact) mass is 392 g/mol. The van der Waals surface area contributed by atoms with Crippen molar-refractivity contribution in [3.05, 3.63) is 71.8 Å². The Hall–Kier alpha value is -2.59. The Morgan fingerprint density at radius 1 is 1.14 bits per heavy atom. The Morgan fingerprint density at radius 3 is 2.52 bits per heavy atom. The number of hydrogen-bond donors (Lipinski definition) is 1. The van der Waals surface area contributed by atoms with Crippen molar-refractivity contribution < 1.29 is 9.53 Å². The van der Waals surface area contributed by atoms with Crippen LogP contribution in [0.3, 0.4) is 0 Å². The molecule has 0 saturated carbocycles. The van der Waals surface area contributed by atoms with Gasteiger partial charge in [-0.3, -0.25) is 4.79 Å². The summed E-state index contributed by atoms with van der Waals surface area (Å²) in [5.74, 6) is 1.14. The van der Waals surface area contributed by atoms with E-state index in [1.165, 1.54) is 0 Å². The predicted octanol–water partition coefficient (Wildman–Crippen LogP) is 4.48. The highest BCUT2D eigenvalue weighted by Gasteiger charge is 2.27. The van der Waals surface area contributed by atoms with Gasteiger partial charge in [-0.15, -0.1) is 0 Å². The van der Waals surface area contributed by atoms with Crippen molar-refractivity contribution in [1.29, 1.82) is 0 Å². The van der Waals surface area contributed by atoms with E-state index >= 15 is 0 Å². The smallest absolute Gasteiger partial charge is 0.230 e. The van der Waals surface area contributed by atoms with Crippen molar-refractivity contribution in [2.75, 3.05) is 26.7 Å². The lowest BCUT2D eigenvalue weighted by Crippen LogP contribution is -2.46. The Morgan fingerprint density at radius 2 is 1.83 bits per heavy atom. The first-order valence-electron chi connectivity index (χ1n) is 10.6. The van der Waals surface area contributed by atoms with E-state index in [0.717, 1.165) is 55.8 Å². The van der Waals surface area contributed by atoms with E-state index < -0.39 is 0 Å². The highest BCUT2D eigenvalue weighted by molar-refractivity contribution is 5.83. The highest BCUT2D eigenvalue weighted by Crippen LogP contribution is 2.24. The molecule has 1 amide bonds. The van der Waals surface area contributed by atoms with Gasteiger partial charge in [-0.2, -0.15) is 0 Å². The second-order valence-electron chi connectivity index (χ2n) is 7.52. The molecule has 1 unspecified atom stereocenters. The molecule has 0 bridgehead atoms. The van der Waals surface area contributed by atoms with Gasteiger partial charge in [0, 0.05) is 31.2 Å². The number of carbonyl (C=O) groups is 1. The van der Waals surface area contributed by atoms with Crippen LogP contribution in [0.5, 0.6) is 5.75 Å². The van der Waals surface area contributed by atoms with Crippen LogP contribution in [0.15, 0.2) is 60.7 Å². The number of methoxy groups -OCH3 is 1. The van der Waals surface area contributed by atoms with Crippen LogP contribution < -0.4 is 10.1 Å². The number of piperidine rings is 1. The van der Waals surface area contributed by atoms with Crippen LogP contribution in [-0.4, -0.2) is 43.6 Å². The summed E-state index contributed by atoms with van der Waals surface area (Å²) in [7, 11) is 1.70. The second kappa shape index (κ2) is 10.8. The van der Waals surface area contributed by atoms with Gasteiger partial charge in [-0.05, 0) is 30.9 Å². The molecule has 0 aliphatic carbocycles. The minimum Gasteiger partial charge on any atom is -0.496 e. The summed E-state index contributed by atoms with van der Waals surface area (Å²) < 4.78 is 5.38. The summed E-state index contributed by atoms with van der Waals surface area (Å²) in [6.07, 6.45) is 7.07. The molecular weight excluding hydrogens is 360 g/mol. The fraction of sp³-hybridized carbons (Fsp3) is 0.400. The van der Waals surface area contributed by atoms with Gasteiger partial charge in [-0.25, -0.2) is 0 Å². The van der Waals surface area contributed by atoms with Crippen molar-refractivity contribution in [2.24, 2.45) is 0 Å². The summed E-state index contributed by atoms with van der Waals surface area (Å²) in [5, 5.41) is 3.60. The molecule has 2 aromatic rings. The van der Waals surface area contributed by atoms with Gasteiger partial charge in [0.15, 0.2) is 0 Å². The van der Waals surface area contributed by atoms with E-state index in [1.54, 1.807) is 7.11 Å². The van der Waals surface area contributed by atoms with E-state index in [-0.39, 0.29) is 11.8 Å². The molecule has 2 aromatic carbocycles. The lowest BCUT2D eigenvalue weighted by Gasteiger charge is -2.34. The number of para-hydroxylation sites is 1. The number of rotatable bonds is 8. The fourth-order valence-electron chi connectivity index (χ4n) is 3.99. The number of nitrogens with one attached hydrogen (secondary N) is 1. The Kier molecular flexibility index (Phi) is 7.88. The summed E-state index contributed by atoms with van der Waals surface area (Å²) in [4.78, 5) is 15.0. The molecule has 1 N–H and O–H groups in total. The zero-order valence-corrected chi connectivity index (χ0v) is 17.5. The quantitative estimate of drug-likeness (QED) is 0.720. The lowest BCUT2D eigenvalue weighted by molar-refractivity contribution is -0.134. The highest BCUT2D eigenvalue weighted by atomic mass is 16.5. The van der Waals surface area contributed by atoms with Crippen LogP contribution in [-0.2, 0) is 4.79 Å². The van der Waals surface area contributed by atoms with Gasteiger partial charge in [0.05, 0.1) is 13.0 Å². The Balaban J connectivity index is 1.45. The van der Waals surface area contributed by atoms with Gasteiger partial charge >= 0.3 is 0 Å². The molecule has 0 aromatic heterocycles. The van der Waals surface area contributed by atoms with Crippen molar-refractivity contribution in [3.8, 4) is 5.75 Å². The normalized spacial score (nSPS) is 16.1. The molecule has 1 atom stereocenters. The van der Waals surface area contributed by atoms with Gasteiger partial charge in [0.25, 0.3) is 0 Å². The minimum atomic E-state index is -0.0236. The fourth-order valence-corrected chi connectivity index (χ4v) is 3.99. The summed E-state index contributed by atoms with van der Waals surface area (Å²) in [5.41, 5.74) is 2.21. The van der Waals surface area contributed by atoms with E-state index in [4.69, 9.17) is 4.74 Å². The minimum absolute atomic E-state index is 0.0236. The molecule has 1 saturated heterocycles. The SMILES string of the molecule is CCC(C(=O)N1CCC(NC/C=C/c2ccccc2OC)CC1)c1ccccc1. The maximum Gasteiger partial charge on any atom is 0.230 e. The van der Waals surface area contributed by atoms with E-state index in [1.807, 2.05) is 41.3 Å². The van der Waals surface area contributed by atoms with Crippen molar-refractivity contribution in [1.82, 2.24) is 10.2 Å². The van der Waals surface area contributed by atoms with Crippen molar-refractivity contribution in [3.63, 3.8) is 0 Å². The van der Waals surface area contributed by atoms with Crippen LogP contribution in [0.2, 0.25) is 0 Å². The third-order valence-corrected chi connectivity index (χ3v) is 5.68. The molecule has 1 fully saturated rings. The molecule has 4 heteroatoms.